The average Bonchev–Trinajstić information content (AvgIpc) is 2.73. The molecule has 0 saturated carbocycles. The molecule has 148 valence electrons. The molecule has 1 amide bonds. The Morgan fingerprint density at radius 3 is 2.46 bits per heavy atom. The molecule has 1 saturated heterocycles. The number of anilines is 1. The highest BCUT2D eigenvalue weighted by molar-refractivity contribution is 7.89. The van der Waals surface area contributed by atoms with Crippen molar-refractivity contribution in [2.75, 3.05) is 24.5 Å². The van der Waals surface area contributed by atoms with Crippen LogP contribution in [0.2, 0.25) is 5.02 Å². The molecule has 7 heteroatoms. The summed E-state index contributed by atoms with van der Waals surface area (Å²) in [5.41, 5.74) is 2.22. The lowest BCUT2D eigenvalue weighted by atomic mass is 10.0. The Labute approximate surface area is 171 Å². The zero-order chi connectivity index (χ0) is 19.7. The highest BCUT2D eigenvalue weighted by Gasteiger charge is 2.29. The molecular weight excluding hydrogens is 396 g/mol. The molecule has 2 aliphatic rings. The van der Waals surface area contributed by atoms with Gasteiger partial charge in [0.2, 0.25) is 10.0 Å². The van der Waals surface area contributed by atoms with Gasteiger partial charge in [-0.2, -0.15) is 4.31 Å². The standard InChI is InChI=1S/C21H23ClN2O3S/c22-18-8-4-6-17(14-18)21(25)24-13-5-7-16-15-19(9-10-20(16)24)28(26,27)23-11-2-1-3-12-23/h4,6,8-10,14-15H,1-3,5,7,11-13H2. The maximum Gasteiger partial charge on any atom is 0.258 e. The Hall–Kier alpha value is -1.89. The van der Waals surface area contributed by atoms with E-state index in [0.717, 1.165) is 43.4 Å². The average molecular weight is 419 g/mol. The summed E-state index contributed by atoms with van der Waals surface area (Å²) in [5.74, 6) is -0.116. The lowest BCUT2D eigenvalue weighted by molar-refractivity contribution is 0.0985. The maximum atomic E-state index is 13.0. The quantitative estimate of drug-likeness (QED) is 0.753. The molecule has 0 aromatic heterocycles. The zero-order valence-electron chi connectivity index (χ0n) is 15.6. The number of nitrogens with zero attached hydrogens (tertiary/aromatic N) is 2. The van der Waals surface area contributed by atoms with E-state index in [0.29, 0.717) is 35.1 Å². The minimum atomic E-state index is -3.48. The predicted octanol–water partition coefficient (Wildman–Crippen LogP) is 4.11. The summed E-state index contributed by atoms with van der Waals surface area (Å²) < 4.78 is 27.5. The van der Waals surface area contributed by atoms with Crippen LogP contribution in [0.3, 0.4) is 0 Å². The molecule has 2 aliphatic heterocycles. The summed E-state index contributed by atoms with van der Waals surface area (Å²) in [7, 11) is -3.48. The Balaban J connectivity index is 1.65. The number of hydrogen-bond acceptors (Lipinski definition) is 3. The van der Waals surface area contributed by atoms with Crippen molar-refractivity contribution in [2.24, 2.45) is 0 Å². The fraction of sp³-hybridized carbons (Fsp3) is 0.381. The van der Waals surface area contributed by atoms with Crippen LogP contribution in [0.5, 0.6) is 0 Å². The molecule has 0 N–H and O–H groups in total. The minimum absolute atomic E-state index is 0.116. The maximum absolute atomic E-state index is 13.0. The van der Waals surface area contributed by atoms with Gasteiger partial charge in [0.15, 0.2) is 0 Å². The third kappa shape index (κ3) is 3.69. The van der Waals surface area contributed by atoms with Gasteiger partial charge in [0.05, 0.1) is 4.90 Å². The van der Waals surface area contributed by atoms with Gasteiger partial charge in [-0.15, -0.1) is 0 Å². The second-order valence-corrected chi connectivity index (χ2v) is 9.70. The number of benzene rings is 2. The van der Waals surface area contributed by atoms with E-state index in [1.165, 1.54) is 0 Å². The van der Waals surface area contributed by atoms with E-state index in [-0.39, 0.29) is 5.91 Å². The van der Waals surface area contributed by atoms with Crippen molar-refractivity contribution in [1.29, 1.82) is 0 Å². The Morgan fingerprint density at radius 1 is 0.929 bits per heavy atom. The molecule has 0 aliphatic carbocycles. The van der Waals surface area contributed by atoms with E-state index in [1.807, 2.05) is 0 Å². The summed E-state index contributed by atoms with van der Waals surface area (Å²) in [6.45, 7) is 1.77. The van der Waals surface area contributed by atoms with Gasteiger partial charge < -0.3 is 4.90 Å². The van der Waals surface area contributed by atoms with Gasteiger partial charge in [-0.1, -0.05) is 24.1 Å². The molecule has 0 radical (unpaired) electrons. The first-order valence-corrected chi connectivity index (χ1v) is 11.5. The van der Waals surface area contributed by atoms with Crippen molar-refractivity contribution < 1.29 is 13.2 Å². The fourth-order valence-electron chi connectivity index (χ4n) is 3.98. The van der Waals surface area contributed by atoms with E-state index < -0.39 is 10.0 Å². The summed E-state index contributed by atoms with van der Waals surface area (Å²) in [6, 6.07) is 12.1. The van der Waals surface area contributed by atoms with E-state index in [2.05, 4.69) is 0 Å². The van der Waals surface area contributed by atoms with Gasteiger partial charge in [0.1, 0.15) is 0 Å². The number of amides is 1. The number of rotatable bonds is 3. The number of hydrogen-bond donors (Lipinski definition) is 0. The van der Waals surface area contributed by atoms with Gasteiger partial charge in [0, 0.05) is 35.9 Å². The van der Waals surface area contributed by atoms with Crippen molar-refractivity contribution >= 4 is 33.2 Å². The first kappa shape index (κ1) is 19.4. The lowest BCUT2D eigenvalue weighted by Crippen LogP contribution is -2.37. The van der Waals surface area contributed by atoms with Gasteiger partial charge in [-0.25, -0.2) is 8.42 Å². The van der Waals surface area contributed by atoms with Gasteiger partial charge in [0.25, 0.3) is 5.91 Å². The zero-order valence-corrected chi connectivity index (χ0v) is 17.2. The molecule has 1 fully saturated rings. The van der Waals surface area contributed by atoms with Crippen LogP contribution in [-0.4, -0.2) is 38.3 Å². The second kappa shape index (κ2) is 7.85. The Bertz CT molecular complexity index is 1000. The first-order chi connectivity index (χ1) is 13.5. The molecule has 4 rings (SSSR count). The molecule has 0 unspecified atom stereocenters. The van der Waals surface area contributed by atoms with Crippen molar-refractivity contribution in [1.82, 2.24) is 4.31 Å². The molecular formula is C21H23ClN2O3S. The monoisotopic (exact) mass is 418 g/mol. The first-order valence-electron chi connectivity index (χ1n) is 9.67. The van der Waals surface area contributed by atoms with Crippen LogP contribution in [0.1, 0.15) is 41.6 Å². The molecule has 2 aromatic rings. The van der Waals surface area contributed by atoms with Crippen LogP contribution in [0.15, 0.2) is 47.4 Å². The van der Waals surface area contributed by atoms with Crippen LogP contribution < -0.4 is 4.90 Å². The highest BCUT2D eigenvalue weighted by atomic mass is 35.5. The molecule has 0 bridgehead atoms. The second-order valence-electron chi connectivity index (χ2n) is 7.33. The smallest absolute Gasteiger partial charge is 0.258 e. The van der Waals surface area contributed by atoms with Crippen LogP contribution in [-0.2, 0) is 16.4 Å². The van der Waals surface area contributed by atoms with Gasteiger partial charge in [-0.3, -0.25) is 4.79 Å². The fourth-order valence-corrected chi connectivity index (χ4v) is 5.74. The van der Waals surface area contributed by atoms with Crippen molar-refractivity contribution in [3.63, 3.8) is 0 Å². The molecule has 2 heterocycles. The summed E-state index contributed by atoms with van der Waals surface area (Å²) in [5, 5.41) is 0.519. The summed E-state index contributed by atoms with van der Waals surface area (Å²) >= 11 is 6.03. The number of fused-ring (bicyclic) bond motifs is 1. The van der Waals surface area contributed by atoms with E-state index in [4.69, 9.17) is 11.6 Å². The molecule has 5 nitrogen and oxygen atoms in total. The van der Waals surface area contributed by atoms with Crippen LogP contribution in [0.25, 0.3) is 0 Å². The lowest BCUT2D eigenvalue weighted by Gasteiger charge is -2.31. The predicted molar refractivity (Wildman–Crippen MR) is 111 cm³/mol. The van der Waals surface area contributed by atoms with E-state index in [9.17, 15) is 13.2 Å². The Morgan fingerprint density at radius 2 is 1.71 bits per heavy atom. The topological polar surface area (TPSA) is 57.7 Å². The number of aryl methyl sites for hydroxylation is 1. The van der Waals surface area contributed by atoms with Gasteiger partial charge >= 0.3 is 0 Å². The number of halogens is 1. The number of sulfonamides is 1. The molecule has 28 heavy (non-hydrogen) atoms. The van der Waals surface area contributed by atoms with Crippen LogP contribution >= 0.6 is 11.6 Å². The SMILES string of the molecule is O=C(c1cccc(Cl)c1)N1CCCc2cc(S(=O)(=O)N3CCCCC3)ccc21. The number of carbonyl (C=O) groups excluding carboxylic acids is 1. The van der Waals surface area contributed by atoms with Crippen molar-refractivity contribution in [3.8, 4) is 0 Å². The molecule has 0 atom stereocenters. The van der Waals surface area contributed by atoms with E-state index in [1.54, 1.807) is 51.7 Å². The van der Waals surface area contributed by atoms with E-state index >= 15 is 0 Å². The highest BCUT2D eigenvalue weighted by Crippen LogP contribution is 2.32. The Kier molecular flexibility index (Phi) is 5.45. The number of piperidine rings is 1. The third-order valence-corrected chi connectivity index (χ3v) is 7.57. The van der Waals surface area contributed by atoms with Crippen molar-refractivity contribution in [2.45, 2.75) is 37.0 Å². The van der Waals surface area contributed by atoms with Crippen molar-refractivity contribution in [3.05, 3.63) is 58.6 Å². The van der Waals surface area contributed by atoms with Gasteiger partial charge in [-0.05, 0) is 67.6 Å². The summed E-state index contributed by atoms with van der Waals surface area (Å²) in [4.78, 5) is 15.0. The van der Waals surface area contributed by atoms with Crippen LogP contribution in [0.4, 0.5) is 5.69 Å². The molecule has 2 aromatic carbocycles. The third-order valence-electron chi connectivity index (χ3n) is 5.44. The molecule has 0 spiro atoms. The largest absolute Gasteiger partial charge is 0.308 e. The summed E-state index contributed by atoms with van der Waals surface area (Å²) in [6.07, 6.45) is 4.46. The normalized spacial score (nSPS) is 18.0. The minimum Gasteiger partial charge on any atom is -0.308 e. The van der Waals surface area contributed by atoms with Crippen LogP contribution in [0, 0.1) is 0 Å². The number of carbonyl (C=O) groups is 1.